The number of benzene rings is 1. The highest BCUT2D eigenvalue weighted by Gasteiger charge is 2.34. The summed E-state index contributed by atoms with van der Waals surface area (Å²) in [5, 5.41) is 3.40. The summed E-state index contributed by atoms with van der Waals surface area (Å²) in [5.74, 6) is -1.21. The van der Waals surface area contributed by atoms with Gasteiger partial charge in [-0.15, -0.1) is 0 Å². The van der Waals surface area contributed by atoms with E-state index in [0.717, 1.165) is 44.4 Å². The molecular weight excluding hydrogens is 282 g/mol. The molecule has 1 nitrogen and oxygen atoms in total. The van der Waals surface area contributed by atoms with E-state index in [1.807, 2.05) is 0 Å². The van der Waals surface area contributed by atoms with Gasteiger partial charge >= 0.3 is 6.18 Å². The van der Waals surface area contributed by atoms with Crippen LogP contribution in [0.15, 0.2) is 18.2 Å². The second-order valence-electron chi connectivity index (χ2n) is 5.29. The molecular formula is C16H23F4N. The number of aryl methyl sites for hydroxylation is 1. The summed E-state index contributed by atoms with van der Waals surface area (Å²) in [4.78, 5) is 0. The predicted molar refractivity (Wildman–Crippen MR) is 76.7 cm³/mol. The SMILES string of the molecule is CCCNC(CCC)CCc1ccc(F)c(C(F)(F)F)c1. The molecule has 0 amide bonds. The average Bonchev–Trinajstić information content (AvgIpc) is 2.42. The van der Waals surface area contributed by atoms with Gasteiger partial charge < -0.3 is 5.32 Å². The number of hydrogen-bond donors (Lipinski definition) is 1. The molecule has 1 N–H and O–H groups in total. The van der Waals surface area contributed by atoms with Crippen molar-refractivity contribution in [3.05, 3.63) is 35.1 Å². The fraction of sp³-hybridized carbons (Fsp3) is 0.625. The van der Waals surface area contributed by atoms with Gasteiger partial charge in [0.2, 0.25) is 0 Å². The third kappa shape index (κ3) is 6.04. The molecule has 0 fully saturated rings. The average molecular weight is 305 g/mol. The van der Waals surface area contributed by atoms with Crippen molar-refractivity contribution in [3.8, 4) is 0 Å². The highest BCUT2D eigenvalue weighted by atomic mass is 19.4. The number of alkyl halides is 3. The molecule has 0 aliphatic carbocycles. The van der Waals surface area contributed by atoms with Crippen LogP contribution in [-0.2, 0) is 12.6 Å². The zero-order chi connectivity index (χ0) is 15.9. The van der Waals surface area contributed by atoms with Gasteiger partial charge in [0.15, 0.2) is 0 Å². The van der Waals surface area contributed by atoms with Crippen LogP contribution >= 0.6 is 0 Å². The Labute approximate surface area is 123 Å². The summed E-state index contributed by atoms with van der Waals surface area (Å²) < 4.78 is 51.2. The standard InChI is InChI=1S/C16H23F4N/c1-3-5-13(21-10-4-2)8-6-12-7-9-15(17)14(11-12)16(18,19)20/h7,9,11,13,21H,3-6,8,10H2,1-2H3. The zero-order valence-electron chi connectivity index (χ0n) is 12.6. The molecule has 120 valence electrons. The molecule has 0 aliphatic rings. The van der Waals surface area contributed by atoms with E-state index in [9.17, 15) is 17.6 Å². The molecule has 1 aromatic carbocycles. The zero-order valence-corrected chi connectivity index (χ0v) is 12.6. The molecule has 1 unspecified atom stereocenters. The molecule has 1 aromatic rings. The highest BCUT2D eigenvalue weighted by Crippen LogP contribution is 2.32. The van der Waals surface area contributed by atoms with E-state index < -0.39 is 17.6 Å². The lowest BCUT2D eigenvalue weighted by Crippen LogP contribution is -2.30. The molecule has 0 bridgehead atoms. The van der Waals surface area contributed by atoms with Crippen LogP contribution in [0.1, 0.15) is 50.7 Å². The maximum Gasteiger partial charge on any atom is 0.419 e. The van der Waals surface area contributed by atoms with Gasteiger partial charge in [-0.3, -0.25) is 0 Å². The Hall–Kier alpha value is -1.10. The second kappa shape index (κ2) is 8.37. The Kier molecular flexibility index (Phi) is 7.15. The molecule has 0 aliphatic heterocycles. The van der Waals surface area contributed by atoms with Gasteiger partial charge in [0, 0.05) is 6.04 Å². The van der Waals surface area contributed by atoms with E-state index in [4.69, 9.17) is 0 Å². The van der Waals surface area contributed by atoms with Crippen molar-refractivity contribution in [2.24, 2.45) is 0 Å². The van der Waals surface area contributed by atoms with E-state index in [1.54, 1.807) is 0 Å². The first kappa shape index (κ1) is 18.0. The molecule has 0 spiro atoms. The second-order valence-corrected chi connectivity index (χ2v) is 5.29. The minimum atomic E-state index is -4.64. The quantitative estimate of drug-likeness (QED) is 0.670. The third-order valence-corrected chi connectivity index (χ3v) is 3.44. The number of halogens is 4. The number of nitrogens with one attached hydrogen (secondary N) is 1. The van der Waals surface area contributed by atoms with Gasteiger partial charge in [-0.25, -0.2) is 4.39 Å². The van der Waals surface area contributed by atoms with Gasteiger partial charge in [0.1, 0.15) is 5.82 Å². The fourth-order valence-electron chi connectivity index (χ4n) is 2.33. The van der Waals surface area contributed by atoms with Crippen LogP contribution in [0.2, 0.25) is 0 Å². The van der Waals surface area contributed by atoms with Gasteiger partial charge in [-0.1, -0.05) is 26.3 Å². The number of rotatable bonds is 8. The van der Waals surface area contributed by atoms with Crippen LogP contribution < -0.4 is 5.32 Å². The first-order valence-corrected chi connectivity index (χ1v) is 7.47. The van der Waals surface area contributed by atoms with Crippen LogP contribution in [0.4, 0.5) is 17.6 Å². The minimum Gasteiger partial charge on any atom is -0.314 e. The molecule has 1 atom stereocenters. The van der Waals surface area contributed by atoms with Crippen molar-refractivity contribution >= 4 is 0 Å². The minimum absolute atomic E-state index is 0.300. The summed E-state index contributed by atoms with van der Waals surface area (Å²) in [7, 11) is 0. The van der Waals surface area contributed by atoms with E-state index in [0.29, 0.717) is 18.0 Å². The molecule has 0 saturated carbocycles. The molecule has 21 heavy (non-hydrogen) atoms. The monoisotopic (exact) mass is 305 g/mol. The lowest BCUT2D eigenvalue weighted by Gasteiger charge is -2.18. The summed E-state index contributed by atoms with van der Waals surface area (Å²) in [6.07, 6.45) is -0.314. The van der Waals surface area contributed by atoms with Crippen LogP contribution in [0.25, 0.3) is 0 Å². The molecule has 0 heterocycles. The topological polar surface area (TPSA) is 12.0 Å². The van der Waals surface area contributed by atoms with Crippen molar-refractivity contribution in [2.75, 3.05) is 6.54 Å². The van der Waals surface area contributed by atoms with Crippen molar-refractivity contribution in [2.45, 2.75) is 58.2 Å². The molecule has 1 rings (SSSR count). The van der Waals surface area contributed by atoms with Gasteiger partial charge in [0.05, 0.1) is 5.56 Å². The smallest absolute Gasteiger partial charge is 0.314 e. The van der Waals surface area contributed by atoms with E-state index in [2.05, 4.69) is 19.2 Å². The van der Waals surface area contributed by atoms with Crippen LogP contribution in [0, 0.1) is 5.82 Å². The Morgan fingerprint density at radius 2 is 1.81 bits per heavy atom. The third-order valence-electron chi connectivity index (χ3n) is 3.44. The molecule has 0 aromatic heterocycles. The lowest BCUT2D eigenvalue weighted by atomic mass is 10.00. The molecule has 5 heteroatoms. The van der Waals surface area contributed by atoms with Gasteiger partial charge in [-0.2, -0.15) is 13.2 Å². The van der Waals surface area contributed by atoms with Gasteiger partial charge in [-0.05, 0) is 49.9 Å². The largest absolute Gasteiger partial charge is 0.419 e. The Morgan fingerprint density at radius 1 is 1.10 bits per heavy atom. The Bertz CT molecular complexity index is 429. The Balaban J connectivity index is 2.69. The van der Waals surface area contributed by atoms with Crippen molar-refractivity contribution < 1.29 is 17.6 Å². The fourth-order valence-corrected chi connectivity index (χ4v) is 2.33. The highest BCUT2D eigenvalue weighted by molar-refractivity contribution is 5.27. The summed E-state index contributed by atoms with van der Waals surface area (Å²) in [6, 6.07) is 3.58. The normalized spacial score (nSPS) is 13.4. The molecule has 0 saturated heterocycles. The van der Waals surface area contributed by atoms with E-state index in [-0.39, 0.29) is 0 Å². The maximum atomic E-state index is 13.2. The van der Waals surface area contributed by atoms with E-state index in [1.165, 1.54) is 6.07 Å². The Morgan fingerprint density at radius 3 is 2.38 bits per heavy atom. The summed E-state index contributed by atoms with van der Waals surface area (Å²) in [5.41, 5.74) is -0.642. The maximum absolute atomic E-state index is 13.2. The van der Waals surface area contributed by atoms with Crippen LogP contribution in [0.5, 0.6) is 0 Å². The first-order chi connectivity index (χ1) is 9.88. The molecule has 0 radical (unpaired) electrons. The first-order valence-electron chi connectivity index (χ1n) is 7.47. The van der Waals surface area contributed by atoms with Crippen LogP contribution in [-0.4, -0.2) is 12.6 Å². The van der Waals surface area contributed by atoms with Gasteiger partial charge in [0.25, 0.3) is 0 Å². The van der Waals surface area contributed by atoms with Crippen molar-refractivity contribution in [3.63, 3.8) is 0 Å². The summed E-state index contributed by atoms with van der Waals surface area (Å²) >= 11 is 0. The van der Waals surface area contributed by atoms with Crippen molar-refractivity contribution in [1.82, 2.24) is 5.32 Å². The summed E-state index contributed by atoms with van der Waals surface area (Å²) in [6.45, 7) is 5.06. The van der Waals surface area contributed by atoms with Crippen LogP contribution in [0.3, 0.4) is 0 Å². The van der Waals surface area contributed by atoms with Crippen molar-refractivity contribution in [1.29, 1.82) is 0 Å². The van der Waals surface area contributed by atoms with E-state index >= 15 is 0 Å². The lowest BCUT2D eigenvalue weighted by molar-refractivity contribution is -0.140. The predicted octanol–water partition coefficient (Wildman–Crippen LogP) is 4.95. The number of hydrogen-bond acceptors (Lipinski definition) is 1.